The number of amides is 1. The van der Waals surface area contributed by atoms with Crippen molar-refractivity contribution >= 4 is 5.91 Å². The molecule has 0 saturated carbocycles. The molecule has 0 unspecified atom stereocenters. The van der Waals surface area contributed by atoms with E-state index in [1.54, 1.807) is 6.92 Å². The summed E-state index contributed by atoms with van der Waals surface area (Å²) in [6.07, 6.45) is -4.74. The molecule has 0 aromatic heterocycles. The number of halogens is 3. The van der Waals surface area contributed by atoms with E-state index in [4.69, 9.17) is 0 Å². The second-order valence-electron chi connectivity index (χ2n) is 2.90. The maximum atomic E-state index is 12.0. The molecule has 1 heterocycles. The molecule has 1 fully saturated rings. The van der Waals surface area contributed by atoms with Crippen LogP contribution in [0.15, 0.2) is 0 Å². The topological polar surface area (TPSA) is 32.3 Å². The molecule has 0 bridgehead atoms. The number of likely N-dealkylation sites (N-methyl/N-ethyl adjacent to an activating group) is 1. The zero-order valence-electron chi connectivity index (χ0n) is 7.19. The van der Waals surface area contributed by atoms with E-state index >= 15 is 0 Å². The van der Waals surface area contributed by atoms with Crippen molar-refractivity contribution in [3.8, 4) is 0 Å². The lowest BCUT2D eigenvalue weighted by atomic mass is 10.1. The lowest BCUT2D eigenvalue weighted by Gasteiger charge is -2.37. The van der Waals surface area contributed by atoms with Gasteiger partial charge in [0.05, 0.1) is 6.04 Å². The van der Waals surface area contributed by atoms with Gasteiger partial charge in [0, 0.05) is 19.6 Å². The van der Waals surface area contributed by atoms with E-state index in [1.807, 2.05) is 0 Å². The van der Waals surface area contributed by atoms with Crippen molar-refractivity contribution in [2.45, 2.75) is 19.1 Å². The van der Waals surface area contributed by atoms with Crippen LogP contribution in [0.2, 0.25) is 0 Å². The van der Waals surface area contributed by atoms with Crippen LogP contribution in [0.4, 0.5) is 13.2 Å². The van der Waals surface area contributed by atoms with E-state index in [0.717, 1.165) is 4.90 Å². The van der Waals surface area contributed by atoms with E-state index in [2.05, 4.69) is 5.32 Å². The standard InChI is InChI=1S/C7H11F3N2O/c1-2-12(5-3-11-4-5)6(13)7(8,9)10/h5,11H,2-4H2,1H3. The molecule has 0 atom stereocenters. The van der Waals surface area contributed by atoms with Gasteiger partial charge in [0.25, 0.3) is 0 Å². The fourth-order valence-corrected chi connectivity index (χ4v) is 1.22. The predicted octanol–water partition coefficient (Wildman–Crippen LogP) is 0.369. The number of nitrogens with zero attached hydrogens (tertiary/aromatic N) is 1. The van der Waals surface area contributed by atoms with E-state index in [9.17, 15) is 18.0 Å². The smallest absolute Gasteiger partial charge is 0.330 e. The first-order valence-electron chi connectivity index (χ1n) is 4.05. The number of alkyl halides is 3. The number of hydrogen-bond acceptors (Lipinski definition) is 2. The molecule has 13 heavy (non-hydrogen) atoms. The lowest BCUT2D eigenvalue weighted by molar-refractivity contribution is -0.188. The van der Waals surface area contributed by atoms with Gasteiger partial charge in [-0.15, -0.1) is 0 Å². The van der Waals surface area contributed by atoms with Gasteiger partial charge in [-0.1, -0.05) is 0 Å². The average molecular weight is 196 g/mol. The van der Waals surface area contributed by atoms with Gasteiger partial charge in [-0.2, -0.15) is 13.2 Å². The third kappa shape index (κ3) is 2.12. The molecule has 76 valence electrons. The quantitative estimate of drug-likeness (QED) is 0.692. The molecule has 0 aliphatic carbocycles. The highest BCUT2D eigenvalue weighted by Crippen LogP contribution is 2.20. The maximum absolute atomic E-state index is 12.0. The Morgan fingerprint density at radius 1 is 1.54 bits per heavy atom. The van der Waals surface area contributed by atoms with Crippen LogP contribution < -0.4 is 5.32 Å². The molecule has 0 aromatic rings. The van der Waals surface area contributed by atoms with Gasteiger partial charge >= 0.3 is 12.1 Å². The van der Waals surface area contributed by atoms with Crippen molar-refractivity contribution in [2.75, 3.05) is 19.6 Å². The van der Waals surface area contributed by atoms with Crippen molar-refractivity contribution in [1.29, 1.82) is 0 Å². The summed E-state index contributed by atoms with van der Waals surface area (Å²) < 4.78 is 36.0. The predicted molar refractivity (Wildman–Crippen MR) is 40.1 cm³/mol. The fourth-order valence-electron chi connectivity index (χ4n) is 1.22. The molecule has 1 rings (SSSR count). The largest absolute Gasteiger partial charge is 0.471 e. The minimum Gasteiger partial charge on any atom is -0.330 e. The Kier molecular flexibility index (Phi) is 2.80. The van der Waals surface area contributed by atoms with Crippen LogP contribution in [-0.4, -0.2) is 42.7 Å². The molecular formula is C7H11F3N2O. The average Bonchev–Trinajstić information content (AvgIpc) is 1.93. The Bertz CT molecular complexity index is 200. The Morgan fingerprint density at radius 3 is 2.31 bits per heavy atom. The van der Waals surface area contributed by atoms with E-state index in [0.29, 0.717) is 13.1 Å². The van der Waals surface area contributed by atoms with Crippen molar-refractivity contribution < 1.29 is 18.0 Å². The van der Waals surface area contributed by atoms with Crippen molar-refractivity contribution in [3.63, 3.8) is 0 Å². The zero-order valence-corrected chi connectivity index (χ0v) is 7.19. The van der Waals surface area contributed by atoms with Crippen LogP contribution in [-0.2, 0) is 4.79 Å². The fraction of sp³-hybridized carbons (Fsp3) is 0.857. The number of hydrogen-bond donors (Lipinski definition) is 1. The Balaban J connectivity index is 2.60. The Morgan fingerprint density at radius 2 is 2.08 bits per heavy atom. The van der Waals surface area contributed by atoms with E-state index in [1.165, 1.54) is 0 Å². The minimum absolute atomic E-state index is 0.102. The highest BCUT2D eigenvalue weighted by atomic mass is 19.4. The zero-order chi connectivity index (χ0) is 10.1. The normalized spacial score (nSPS) is 18.2. The maximum Gasteiger partial charge on any atom is 0.471 e. The first-order valence-corrected chi connectivity index (χ1v) is 4.05. The summed E-state index contributed by atoms with van der Waals surface area (Å²) in [5.41, 5.74) is 0. The number of carbonyl (C=O) groups is 1. The summed E-state index contributed by atoms with van der Waals surface area (Å²) in [6, 6.07) is -0.292. The van der Waals surface area contributed by atoms with Crippen molar-refractivity contribution in [2.24, 2.45) is 0 Å². The monoisotopic (exact) mass is 196 g/mol. The van der Waals surface area contributed by atoms with Gasteiger partial charge in [0.2, 0.25) is 0 Å². The summed E-state index contributed by atoms with van der Waals surface area (Å²) >= 11 is 0. The summed E-state index contributed by atoms with van der Waals surface area (Å²) in [5, 5.41) is 2.82. The van der Waals surface area contributed by atoms with Gasteiger partial charge < -0.3 is 10.2 Å². The second kappa shape index (κ2) is 3.53. The molecule has 6 heteroatoms. The van der Waals surface area contributed by atoms with Crippen LogP contribution in [0.1, 0.15) is 6.92 Å². The van der Waals surface area contributed by atoms with Gasteiger partial charge in [0.1, 0.15) is 0 Å². The summed E-state index contributed by atoms with van der Waals surface area (Å²) in [7, 11) is 0. The number of rotatable bonds is 2. The highest BCUT2D eigenvalue weighted by Gasteiger charge is 2.44. The molecule has 1 N–H and O–H groups in total. The van der Waals surface area contributed by atoms with Crippen molar-refractivity contribution in [3.05, 3.63) is 0 Å². The molecule has 1 amide bonds. The first-order chi connectivity index (χ1) is 5.96. The molecule has 1 saturated heterocycles. The van der Waals surface area contributed by atoms with Crippen LogP contribution in [0.5, 0.6) is 0 Å². The molecule has 3 nitrogen and oxygen atoms in total. The van der Waals surface area contributed by atoms with Gasteiger partial charge in [-0.3, -0.25) is 4.79 Å². The van der Waals surface area contributed by atoms with Gasteiger partial charge in [-0.25, -0.2) is 0 Å². The van der Waals surface area contributed by atoms with Crippen molar-refractivity contribution in [1.82, 2.24) is 10.2 Å². The lowest BCUT2D eigenvalue weighted by Crippen LogP contribution is -2.60. The molecule has 0 aromatic carbocycles. The van der Waals surface area contributed by atoms with Crippen LogP contribution >= 0.6 is 0 Å². The minimum atomic E-state index is -4.74. The molecule has 0 radical (unpaired) electrons. The number of nitrogens with one attached hydrogen (secondary N) is 1. The SMILES string of the molecule is CCN(C(=O)C(F)(F)F)C1CNC1. The molecule has 1 aliphatic rings. The van der Waals surface area contributed by atoms with Gasteiger partial charge in [0.15, 0.2) is 0 Å². The highest BCUT2D eigenvalue weighted by molar-refractivity contribution is 5.82. The summed E-state index contributed by atoms with van der Waals surface area (Å²) in [6.45, 7) is 2.55. The van der Waals surface area contributed by atoms with E-state index in [-0.39, 0.29) is 12.6 Å². The molecular weight excluding hydrogens is 185 g/mol. The third-order valence-corrected chi connectivity index (χ3v) is 2.04. The first kappa shape index (κ1) is 10.3. The van der Waals surface area contributed by atoms with Gasteiger partial charge in [-0.05, 0) is 6.92 Å². The Labute approximate surface area is 73.9 Å². The third-order valence-electron chi connectivity index (χ3n) is 2.04. The number of carbonyl (C=O) groups excluding carboxylic acids is 1. The molecule has 0 spiro atoms. The van der Waals surface area contributed by atoms with E-state index < -0.39 is 12.1 Å². The van der Waals surface area contributed by atoms with Crippen LogP contribution in [0.25, 0.3) is 0 Å². The van der Waals surface area contributed by atoms with Crippen LogP contribution in [0, 0.1) is 0 Å². The second-order valence-corrected chi connectivity index (χ2v) is 2.90. The summed E-state index contributed by atoms with van der Waals surface area (Å²) in [5.74, 6) is -1.73. The van der Waals surface area contributed by atoms with Crippen LogP contribution in [0.3, 0.4) is 0 Å². The molecule has 1 aliphatic heterocycles. The Hall–Kier alpha value is -0.780. The summed E-state index contributed by atoms with van der Waals surface area (Å²) in [4.78, 5) is 11.7.